The first kappa shape index (κ1) is 10.5. The van der Waals surface area contributed by atoms with Crippen molar-refractivity contribution in [1.82, 2.24) is 0 Å². The Morgan fingerprint density at radius 2 is 2.07 bits per heavy atom. The molecule has 1 aromatic carbocycles. The number of rotatable bonds is 4. The SMILES string of the molecule is C=C(CC)CC(=O)c1ccccc1N. The fourth-order valence-electron chi connectivity index (χ4n) is 1.20. The lowest BCUT2D eigenvalue weighted by molar-refractivity contribution is 0.0993. The van der Waals surface area contributed by atoms with E-state index < -0.39 is 0 Å². The van der Waals surface area contributed by atoms with E-state index in [9.17, 15) is 4.79 Å². The molecule has 1 aromatic rings. The van der Waals surface area contributed by atoms with E-state index in [1.807, 2.05) is 19.1 Å². The molecular formula is C12H15NO. The van der Waals surface area contributed by atoms with Gasteiger partial charge in [0.2, 0.25) is 0 Å². The van der Waals surface area contributed by atoms with Gasteiger partial charge in [0, 0.05) is 17.7 Å². The van der Waals surface area contributed by atoms with Gasteiger partial charge in [0.05, 0.1) is 0 Å². The molecule has 2 heteroatoms. The summed E-state index contributed by atoms with van der Waals surface area (Å²) in [5.41, 5.74) is 7.77. The highest BCUT2D eigenvalue weighted by molar-refractivity contribution is 6.01. The second-order valence-electron chi connectivity index (χ2n) is 3.29. The van der Waals surface area contributed by atoms with Crippen LogP contribution in [0.25, 0.3) is 0 Å². The van der Waals surface area contributed by atoms with Crippen molar-refractivity contribution in [2.75, 3.05) is 5.73 Å². The van der Waals surface area contributed by atoms with Crippen LogP contribution in [0.3, 0.4) is 0 Å². The molecule has 74 valence electrons. The number of carbonyl (C=O) groups excluding carboxylic acids is 1. The molecule has 0 aliphatic carbocycles. The Bertz CT molecular complexity index is 355. The Balaban J connectivity index is 2.80. The van der Waals surface area contributed by atoms with Gasteiger partial charge in [0.1, 0.15) is 0 Å². The van der Waals surface area contributed by atoms with Crippen molar-refractivity contribution in [2.45, 2.75) is 19.8 Å². The Labute approximate surface area is 84.4 Å². The molecule has 0 aliphatic rings. The highest BCUT2D eigenvalue weighted by Crippen LogP contribution is 2.16. The molecule has 0 saturated heterocycles. The third-order valence-electron chi connectivity index (χ3n) is 2.17. The van der Waals surface area contributed by atoms with Crippen LogP contribution in [-0.2, 0) is 0 Å². The molecule has 0 amide bonds. The van der Waals surface area contributed by atoms with Crippen molar-refractivity contribution >= 4 is 11.5 Å². The van der Waals surface area contributed by atoms with E-state index in [2.05, 4.69) is 6.58 Å². The molecule has 0 atom stereocenters. The number of hydrogen-bond acceptors (Lipinski definition) is 2. The van der Waals surface area contributed by atoms with Gasteiger partial charge in [-0.15, -0.1) is 0 Å². The number of benzene rings is 1. The third kappa shape index (κ3) is 2.46. The van der Waals surface area contributed by atoms with Gasteiger partial charge in [-0.25, -0.2) is 0 Å². The maximum atomic E-state index is 11.7. The quantitative estimate of drug-likeness (QED) is 0.449. The van der Waals surface area contributed by atoms with Crippen LogP contribution in [0.4, 0.5) is 5.69 Å². The summed E-state index contributed by atoms with van der Waals surface area (Å²) in [4.78, 5) is 11.7. The van der Waals surface area contributed by atoms with Crippen LogP contribution in [0, 0.1) is 0 Å². The number of carbonyl (C=O) groups is 1. The van der Waals surface area contributed by atoms with Gasteiger partial charge in [0.15, 0.2) is 5.78 Å². The van der Waals surface area contributed by atoms with Gasteiger partial charge < -0.3 is 5.73 Å². The molecule has 0 bridgehead atoms. The first-order chi connectivity index (χ1) is 6.65. The van der Waals surface area contributed by atoms with Gasteiger partial charge in [-0.3, -0.25) is 4.79 Å². The summed E-state index contributed by atoms with van der Waals surface area (Å²) in [5, 5.41) is 0. The lowest BCUT2D eigenvalue weighted by atomic mass is 10.0. The predicted octanol–water partition coefficient (Wildman–Crippen LogP) is 2.81. The summed E-state index contributed by atoms with van der Waals surface area (Å²) in [7, 11) is 0. The standard InChI is InChI=1S/C12H15NO/c1-3-9(2)8-12(14)10-6-4-5-7-11(10)13/h4-7H,2-3,8,13H2,1H3. The molecule has 0 fully saturated rings. The van der Waals surface area contributed by atoms with Crippen LogP contribution >= 0.6 is 0 Å². The molecule has 14 heavy (non-hydrogen) atoms. The highest BCUT2D eigenvalue weighted by Gasteiger charge is 2.09. The third-order valence-corrected chi connectivity index (χ3v) is 2.17. The minimum Gasteiger partial charge on any atom is -0.398 e. The lowest BCUT2D eigenvalue weighted by Crippen LogP contribution is -2.04. The molecule has 0 aliphatic heterocycles. The molecule has 0 heterocycles. The summed E-state index contributed by atoms with van der Waals surface area (Å²) in [6.07, 6.45) is 1.23. The fraction of sp³-hybridized carbons (Fsp3) is 0.250. The Hall–Kier alpha value is -1.57. The molecule has 0 unspecified atom stereocenters. The second-order valence-corrected chi connectivity index (χ2v) is 3.29. The number of nitrogens with two attached hydrogens (primary N) is 1. The smallest absolute Gasteiger partial charge is 0.168 e. The predicted molar refractivity (Wildman–Crippen MR) is 59.2 cm³/mol. The molecule has 1 rings (SSSR count). The average Bonchev–Trinajstić information content (AvgIpc) is 2.18. The number of allylic oxidation sites excluding steroid dienone is 1. The first-order valence-electron chi connectivity index (χ1n) is 4.69. The Morgan fingerprint density at radius 1 is 1.43 bits per heavy atom. The number of anilines is 1. The van der Waals surface area contributed by atoms with Crippen LogP contribution in [-0.4, -0.2) is 5.78 Å². The molecule has 0 aromatic heterocycles. The second kappa shape index (κ2) is 4.61. The van der Waals surface area contributed by atoms with Crippen LogP contribution in [0.2, 0.25) is 0 Å². The van der Waals surface area contributed by atoms with E-state index in [1.165, 1.54) is 0 Å². The number of ketones is 1. The Morgan fingerprint density at radius 3 is 2.64 bits per heavy atom. The summed E-state index contributed by atoms with van der Waals surface area (Å²) < 4.78 is 0. The monoisotopic (exact) mass is 189 g/mol. The van der Waals surface area contributed by atoms with Crippen molar-refractivity contribution in [1.29, 1.82) is 0 Å². The molecule has 0 spiro atoms. The van der Waals surface area contributed by atoms with Crippen molar-refractivity contribution in [3.63, 3.8) is 0 Å². The Kier molecular flexibility index (Phi) is 3.46. The van der Waals surface area contributed by atoms with Crippen LogP contribution < -0.4 is 5.73 Å². The van der Waals surface area contributed by atoms with Crippen molar-refractivity contribution in [3.05, 3.63) is 42.0 Å². The van der Waals surface area contributed by atoms with Gasteiger partial charge >= 0.3 is 0 Å². The van der Waals surface area contributed by atoms with Gasteiger partial charge in [-0.1, -0.05) is 31.2 Å². The zero-order valence-electron chi connectivity index (χ0n) is 8.42. The maximum Gasteiger partial charge on any atom is 0.168 e. The average molecular weight is 189 g/mol. The van der Waals surface area contributed by atoms with Gasteiger partial charge in [0.25, 0.3) is 0 Å². The van der Waals surface area contributed by atoms with E-state index in [4.69, 9.17) is 5.73 Å². The van der Waals surface area contributed by atoms with E-state index >= 15 is 0 Å². The van der Waals surface area contributed by atoms with Crippen LogP contribution in [0.5, 0.6) is 0 Å². The topological polar surface area (TPSA) is 43.1 Å². The number of nitrogen functional groups attached to an aromatic ring is 1. The first-order valence-corrected chi connectivity index (χ1v) is 4.69. The van der Waals surface area contributed by atoms with Crippen molar-refractivity contribution < 1.29 is 4.79 Å². The van der Waals surface area contributed by atoms with E-state index in [0.29, 0.717) is 17.7 Å². The normalized spacial score (nSPS) is 9.79. The minimum atomic E-state index is 0.0509. The van der Waals surface area contributed by atoms with Crippen molar-refractivity contribution in [2.24, 2.45) is 0 Å². The molecule has 2 N–H and O–H groups in total. The highest BCUT2D eigenvalue weighted by atomic mass is 16.1. The van der Waals surface area contributed by atoms with Crippen molar-refractivity contribution in [3.8, 4) is 0 Å². The number of hydrogen-bond donors (Lipinski definition) is 1. The zero-order chi connectivity index (χ0) is 10.6. The summed E-state index contributed by atoms with van der Waals surface area (Å²) in [5.74, 6) is 0.0509. The van der Waals surface area contributed by atoms with Crippen LogP contribution in [0.15, 0.2) is 36.4 Å². The van der Waals surface area contributed by atoms with Gasteiger partial charge in [-0.2, -0.15) is 0 Å². The zero-order valence-corrected chi connectivity index (χ0v) is 8.42. The van der Waals surface area contributed by atoms with E-state index in [0.717, 1.165) is 12.0 Å². The number of Topliss-reactive ketones (excluding diaryl/α,β-unsaturated/α-hetero) is 1. The summed E-state index contributed by atoms with van der Waals surface area (Å²) in [6.45, 7) is 5.80. The summed E-state index contributed by atoms with van der Waals surface area (Å²) in [6, 6.07) is 7.13. The molecule has 0 saturated carbocycles. The number of para-hydroxylation sites is 1. The minimum absolute atomic E-state index is 0.0509. The maximum absolute atomic E-state index is 11.7. The molecular weight excluding hydrogens is 174 g/mol. The summed E-state index contributed by atoms with van der Waals surface area (Å²) >= 11 is 0. The molecule has 2 nitrogen and oxygen atoms in total. The van der Waals surface area contributed by atoms with E-state index in [-0.39, 0.29) is 5.78 Å². The molecule has 0 radical (unpaired) electrons. The van der Waals surface area contributed by atoms with Gasteiger partial charge in [-0.05, 0) is 18.6 Å². The largest absolute Gasteiger partial charge is 0.398 e. The lowest BCUT2D eigenvalue weighted by Gasteiger charge is -2.04. The van der Waals surface area contributed by atoms with Crippen LogP contribution in [0.1, 0.15) is 30.1 Å². The van der Waals surface area contributed by atoms with E-state index in [1.54, 1.807) is 12.1 Å². The fourth-order valence-corrected chi connectivity index (χ4v) is 1.20.